The molecule has 5 heteroatoms. The molecule has 2 aromatic heterocycles. The van der Waals surface area contributed by atoms with Gasteiger partial charge in [-0.15, -0.1) is 22.7 Å². The van der Waals surface area contributed by atoms with Gasteiger partial charge in [0.25, 0.3) is 5.91 Å². The Morgan fingerprint density at radius 2 is 2.44 bits per heavy atom. The fraction of sp³-hybridized carbons (Fsp3) is 0.462. The third kappa shape index (κ3) is 2.58. The van der Waals surface area contributed by atoms with Crippen LogP contribution < -0.4 is 10.6 Å². The zero-order chi connectivity index (χ0) is 12.4. The number of amides is 1. The van der Waals surface area contributed by atoms with Gasteiger partial charge in [-0.05, 0) is 49.4 Å². The van der Waals surface area contributed by atoms with Crippen LogP contribution in [0.1, 0.15) is 22.5 Å². The second-order valence-corrected chi connectivity index (χ2v) is 6.71. The highest BCUT2D eigenvalue weighted by molar-refractivity contribution is 7.27. The standard InChI is InChI=1S/C13H16N2OS2/c16-13(15-8-9-2-1-4-14-7-9)12-6-11-10(18-12)3-5-17-11/h3,5-6,9,14H,1-2,4,7-8H2,(H,15,16). The van der Waals surface area contributed by atoms with E-state index in [2.05, 4.69) is 22.1 Å². The zero-order valence-corrected chi connectivity index (χ0v) is 11.7. The van der Waals surface area contributed by atoms with Crippen molar-refractivity contribution in [1.82, 2.24) is 10.6 Å². The van der Waals surface area contributed by atoms with E-state index in [-0.39, 0.29) is 5.91 Å². The predicted molar refractivity (Wildman–Crippen MR) is 77.6 cm³/mol. The van der Waals surface area contributed by atoms with Gasteiger partial charge >= 0.3 is 0 Å². The zero-order valence-electron chi connectivity index (χ0n) is 10.1. The number of carbonyl (C=O) groups is 1. The van der Waals surface area contributed by atoms with Crippen LogP contribution >= 0.6 is 22.7 Å². The molecule has 3 heterocycles. The van der Waals surface area contributed by atoms with E-state index < -0.39 is 0 Å². The Hall–Kier alpha value is -0.910. The fourth-order valence-electron chi connectivity index (χ4n) is 2.30. The number of hydrogen-bond donors (Lipinski definition) is 2. The molecule has 0 aliphatic carbocycles. The van der Waals surface area contributed by atoms with Crippen LogP contribution in [0.4, 0.5) is 0 Å². The highest BCUT2D eigenvalue weighted by atomic mass is 32.1. The third-order valence-corrected chi connectivity index (χ3v) is 5.41. The molecule has 0 aromatic carbocycles. The molecule has 3 nitrogen and oxygen atoms in total. The van der Waals surface area contributed by atoms with Crippen LogP contribution in [-0.4, -0.2) is 25.5 Å². The van der Waals surface area contributed by atoms with E-state index in [1.807, 2.05) is 6.07 Å². The molecule has 2 N–H and O–H groups in total. The maximum atomic E-state index is 12.0. The van der Waals surface area contributed by atoms with Crippen molar-refractivity contribution in [3.8, 4) is 0 Å². The number of fused-ring (bicyclic) bond motifs is 1. The molecule has 1 saturated heterocycles. The molecule has 1 atom stereocenters. The molecule has 0 spiro atoms. The number of thiophene rings is 2. The average Bonchev–Trinajstić information content (AvgIpc) is 2.98. The molecule has 18 heavy (non-hydrogen) atoms. The summed E-state index contributed by atoms with van der Waals surface area (Å²) >= 11 is 3.27. The van der Waals surface area contributed by atoms with Crippen molar-refractivity contribution in [2.75, 3.05) is 19.6 Å². The topological polar surface area (TPSA) is 41.1 Å². The molecule has 1 aliphatic heterocycles. The van der Waals surface area contributed by atoms with Crippen molar-refractivity contribution in [2.45, 2.75) is 12.8 Å². The Morgan fingerprint density at radius 3 is 3.22 bits per heavy atom. The van der Waals surface area contributed by atoms with Crippen LogP contribution in [0.15, 0.2) is 17.5 Å². The predicted octanol–water partition coefficient (Wildman–Crippen LogP) is 2.69. The summed E-state index contributed by atoms with van der Waals surface area (Å²) in [7, 11) is 0. The van der Waals surface area contributed by atoms with Gasteiger partial charge in [0.05, 0.1) is 4.88 Å². The van der Waals surface area contributed by atoms with Crippen molar-refractivity contribution >= 4 is 38.0 Å². The van der Waals surface area contributed by atoms with Gasteiger partial charge in [0.15, 0.2) is 0 Å². The molecular formula is C13H16N2OS2. The monoisotopic (exact) mass is 280 g/mol. The van der Waals surface area contributed by atoms with E-state index in [9.17, 15) is 4.79 Å². The first-order valence-corrected chi connectivity index (χ1v) is 7.98. The molecule has 0 radical (unpaired) electrons. The van der Waals surface area contributed by atoms with Crippen molar-refractivity contribution in [3.63, 3.8) is 0 Å². The first kappa shape index (κ1) is 12.1. The quantitative estimate of drug-likeness (QED) is 0.907. The van der Waals surface area contributed by atoms with E-state index in [0.717, 1.165) is 24.5 Å². The molecule has 96 valence electrons. The van der Waals surface area contributed by atoms with Crippen LogP contribution in [0, 0.1) is 5.92 Å². The second kappa shape index (κ2) is 5.38. The average molecular weight is 280 g/mol. The van der Waals surface area contributed by atoms with Crippen LogP contribution in [-0.2, 0) is 0 Å². The molecule has 0 saturated carbocycles. The van der Waals surface area contributed by atoms with Crippen LogP contribution in [0.2, 0.25) is 0 Å². The summed E-state index contributed by atoms with van der Waals surface area (Å²) in [5, 5.41) is 8.49. The Balaban J connectivity index is 1.59. The van der Waals surface area contributed by atoms with Gasteiger partial charge < -0.3 is 10.6 Å². The maximum Gasteiger partial charge on any atom is 0.261 e. The summed E-state index contributed by atoms with van der Waals surface area (Å²) < 4.78 is 2.42. The van der Waals surface area contributed by atoms with Crippen LogP contribution in [0.25, 0.3) is 9.40 Å². The van der Waals surface area contributed by atoms with Gasteiger partial charge in [0.2, 0.25) is 0 Å². The maximum absolute atomic E-state index is 12.0. The lowest BCUT2D eigenvalue weighted by Crippen LogP contribution is -2.37. The second-order valence-electron chi connectivity index (χ2n) is 4.68. The number of rotatable bonds is 3. The fourth-order valence-corrected chi connectivity index (χ4v) is 4.33. The molecular weight excluding hydrogens is 264 g/mol. The lowest BCUT2D eigenvalue weighted by atomic mass is 10.00. The molecule has 1 aliphatic rings. The summed E-state index contributed by atoms with van der Waals surface area (Å²) in [6.45, 7) is 2.93. The number of piperidine rings is 1. The highest BCUT2D eigenvalue weighted by Gasteiger charge is 2.15. The van der Waals surface area contributed by atoms with Gasteiger partial charge in [-0.25, -0.2) is 0 Å². The number of carbonyl (C=O) groups excluding carboxylic acids is 1. The van der Waals surface area contributed by atoms with Crippen molar-refractivity contribution in [3.05, 3.63) is 22.4 Å². The number of nitrogens with one attached hydrogen (secondary N) is 2. The van der Waals surface area contributed by atoms with Gasteiger partial charge in [0, 0.05) is 15.9 Å². The minimum atomic E-state index is 0.0778. The smallest absolute Gasteiger partial charge is 0.261 e. The van der Waals surface area contributed by atoms with Gasteiger partial charge in [0.1, 0.15) is 0 Å². The lowest BCUT2D eigenvalue weighted by Gasteiger charge is -2.22. The Kier molecular flexibility index (Phi) is 3.63. The first-order valence-electron chi connectivity index (χ1n) is 6.29. The molecule has 1 unspecified atom stereocenters. The minimum Gasteiger partial charge on any atom is -0.351 e. The van der Waals surface area contributed by atoms with Crippen LogP contribution in [0.3, 0.4) is 0 Å². The minimum absolute atomic E-state index is 0.0778. The van der Waals surface area contributed by atoms with Crippen LogP contribution in [0.5, 0.6) is 0 Å². The largest absolute Gasteiger partial charge is 0.351 e. The highest BCUT2D eigenvalue weighted by Crippen LogP contribution is 2.29. The summed E-state index contributed by atoms with van der Waals surface area (Å²) in [6.07, 6.45) is 2.43. The number of hydrogen-bond acceptors (Lipinski definition) is 4. The van der Waals surface area contributed by atoms with Crippen molar-refractivity contribution in [2.24, 2.45) is 5.92 Å². The van der Waals surface area contributed by atoms with Gasteiger partial charge in [-0.3, -0.25) is 4.79 Å². The molecule has 3 rings (SSSR count). The lowest BCUT2D eigenvalue weighted by molar-refractivity contribution is 0.0949. The van der Waals surface area contributed by atoms with Gasteiger partial charge in [-0.2, -0.15) is 0 Å². The summed E-state index contributed by atoms with van der Waals surface area (Å²) in [5.74, 6) is 0.665. The summed E-state index contributed by atoms with van der Waals surface area (Å²) in [4.78, 5) is 12.9. The normalized spacial score (nSPS) is 20.1. The third-order valence-electron chi connectivity index (χ3n) is 3.31. The van der Waals surface area contributed by atoms with E-state index >= 15 is 0 Å². The summed E-state index contributed by atoms with van der Waals surface area (Å²) in [5.41, 5.74) is 0. The van der Waals surface area contributed by atoms with E-state index in [4.69, 9.17) is 0 Å². The molecule has 1 fully saturated rings. The van der Waals surface area contributed by atoms with Crippen molar-refractivity contribution < 1.29 is 4.79 Å². The first-order chi connectivity index (χ1) is 8.83. The molecule has 0 bridgehead atoms. The summed E-state index contributed by atoms with van der Waals surface area (Å²) in [6, 6.07) is 4.08. The van der Waals surface area contributed by atoms with E-state index in [0.29, 0.717) is 5.92 Å². The SMILES string of the molecule is O=C(NCC1CCCNC1)c1cc2sccc2s1. The Morgan fingerprint density at radius 1 is 1.50 bits per heavy atom. The van der Waals surface area contributed by atoms with E-state index in [1.54, 1.807) is 22.7 Å². The molecule has 1 amide bonds. The molecule has 2 aromatic rings. The Bertz CT molecular complexity index is 511. The Labute approximate surface area is 114 Å². The van der Waals surface area contributed by atoms with Gasteiger partial charge in [-0.1, -0.05) is 0 Å². The van der Waals surface area contributed by atoms with Crippen molar-refractivity contribution in [1.29, 1.82) is 0 Å². The van der Waals surface area contributed by atoms with E-state index in [1.165, 1.54) is 22.2 Å².